The predicted octanol–water partition coefficient (Wildman–Crippen LogP) is 5.16. The fraction of sp³-hybridized carbons (Fsp3) is 0.286. The number of carbonyl (C=O) groups is 2. The monoisotopic (exact) mass is 536 g/mol. The van der Waals surface area contributed by atoms with Crippen LogP contribution in [0.2, 0.25) is 0 Å². The van der Waals surface area contributed by atoms with E-state index in [1.807, 2.05) is 20.8 Å². The van der Waals surface area contributed by atoms with Crippen molar-refractivity contribution in [2.24, 2.45) is 11.7 Å². The summed E-state index contributed by atoms with van der Waals surface area (Å²) in [5.74, 6) is -2.74. The minimum atomic E-state index is -0.939. The minimum absolute atomic E-state index is 0.176. The van der Waals surface area contributed by atoms with E-state index in [4.69, 9.17) is 27.9 Å². The van der Waals surface area contributed by atoms with Crippen molar-refractivity contribution in [2.75, 3.05) is 0 Å². The molecule has 3 N–H and O–H groups in total. The van der Waals surface area contributed by atoms with E-state index >= 15 is 0 Å². The summed E-state index contributed by atoms with van der Waals surface area (Å²) in [6, 6.07) is 8.62. The van der Waals surface area contributed by atoms with Crippen LogP contribution in [0.15, 0.2) is 40.9 Å². The Kier molecular flexibility index (Phi) is 6.68. The van der Waals surface area contributed by atoms with E-state index in [0.717, 1.165) is 12.1 Å². The number of primary amides is 1. The van der Waals surface area contributed by atoms with Crippen LogP contribution < -0.4 is 11.1 Å². The molecule has 4 aromatic rings. The SMILES string of the molecule is CC(C)Cc1nc2c(c(-c3ccc4c(Cc5ccc(F)c(F)c5)noc4c3)c1C(N)=O)C(=O)NC(C)C2S. The van der Waals surface area contributed by atoms with Gasteiger partial charge in [-0.15, -0.1) is 0 Å². The molecule has 2 atom stereocenters. The average molecular weight is 537 g/mol. The quantitative estimate of drug-likeness (QED) is 0.295. The number of carbonyl (C=O) groups excluding carboxylic acids is 2. The lowest BCUT2D eigenvalue weighted by Gasteiger charge is -2.31. The van der Waals surface area contributed by atoms with Crippen LogP contribution in [0.25, 0.3) is 22.1 Å². The molecule has 38 heavy (non-hydrogen) atoms. The van der Waals surface area contributed by atoms with Crippen LogP contribution in [0.5, 0.6) is 0 Å². The van der Waals surface area contributed by atoms with E-state index < -0.39 is 17.5 Å². The molecule has 2 aromatic heterocycles. The smallest absolute Gasteiger partial charge is 0.254 e. The van der Waals surface area contributed by atoms with Crippen molar-refractivity contribution in [3.63, 3.8) is 0 Å². The lowest BCUT2D eigenvalue weighted by atomic mass is 9.86. The van der Waals surface area contributed by atoms with Gasteiger partial charge >= 0.3 is 0 Å². The highest BCUT2D eigenvalue weighted by Crippen LogP contribution is 2.40. The topological polar surface area (TPSA) is 111 Å². The molecule has 1 aliphatic rings. The van der Waals surface area contributed by atoms with Crippen molar-refractivity contribution in [1.82, 2.24) is 15.5 Å². The molecule has 7 nitrogen and oxygen atoms in total. The van der Waals surface area contributed by atoms with E-state index in [0.29, 0.717) is 51.2 Å². The van der Waals surface area contributed by atoms with Crippen molar-refractivity contribution in [3.8, 4) is 11.1 Å². The molecule has 2 unspecified atom stereocenters. The third-order valence-electron chi connectivity index (χ3n) is 6.68. The zero-order valence-corrected chi connectivity index (χ0v) is 21.9. The fourth-order valence-electron chi connectivity index (χ4n) is 4.90. The molecule has 0 radical (unpaired) electrons. The van der Waals surface area contributed by atoms with Gasteiger partial charge in [-0.05, 0) is 54.7 Å². The number of benzene rings is 2. The Hall–Kier alpha value is -3.79. The Bertz CT molecular complexity index is 1600. The summed E-state index contributed by atoms with van der Waals surface area (Å²) in [6.45, 7) is 5.86. The predicted molar refractivity (Wildman–Crippen MR) is 142 cm³/mol. The number of thiol groups is 1. The van der Waals surface area contributed by atoms with Crippen molar-refractivity contribution in [2.45, 2.75) is 44.9 Å². The van der Waals surface area contributed by atoms with Gasteiger partial charge in [0.15, 0.2) is 17.2 Å². The van der Waals surface area contributed by atoms with Crippen molar-refractivity contribution < 1.29 is 22.9 Å². The first-order chi connectivity index (χ1) is 18.0. The second kappa shape index (κ2) is 9.83. The van der Waals surface area contributed by atoms with Crippen molar-refractivity contribution >= 4 is 35.4 Å². The fourth-order valence-corrected chi connectivity index (χ4v) is 5.16. The number of rotatable bonds is 6. The molecule has 2 amide bonds. The molecule has 0 spiro atoms. The maximum absolute atomic E-state index is 13.7. The number of fused-ring (bicyclic) bond motifs is 2. The van der Waals surface area contributed by atoms with Crippen molar-refractivity contribution in [3.05, 3.63) is 81.8 Å². The Morgan fingerprint density at radius 2 is 1.89 bits per heavy atom. The first kappa shape index (κ1) is 25.8. The van der Waals surface area contributed by atoms with Gasteiger partial charge < -0.3 is 15.6 Å². The lowest BCUT2D eigenvalue weighted by molar-refractivity contribution is 0.0928. The molecule has 196 valence electrons. The summed E-state index contributed by atoms with van der Waals surface area (Å²) < 4.78 is 32.6. The van der Waals surface area contributed by atoms with E-state index in [1.54, 1.807) is 18.2 Å². The van der Waals surface area contributed by atoms with Gasteiger partial charge in [0.05, 0.1) is 33.5 Å². The molecular formula is C28H26F2N4O3S. The summed E-state index contributed by atoms with van der Waals surface area (Å²) in [4.78, 5) is 30.8. The van der Waals surface area contributed by atoms with Crippen molar-refractivity contribution in [1.29, 1.82) is 0 Å². The summed E-state index contributed by atoms with van der Waals surface area (Å²) >= 11 is 4.71. The average Bonchev–Trinajstić information content (AvgIpc) is 3.25. The third-order valence-corrected chi connectivity index (χ3v) is 7.37. The number of nitrogens with zero attached hydrogens (tertiary/aromatic N) is 2. The van der Waals surface area contributed by atoms with Crippen LogP contribution in [-0.2, 0) is 12.8 Å². The van der Waals surface area contributed by atoms with Crippen LogP contribution in [0.1, 0.15) is 69.4 Å². The number of halogens is 2. The number of amides is 2. The van der Waals surface area contributed by atoms with Gasteiger partial charge in [-0.25, -0.2) is 8.78 Å². The van der Waals surface area contributed by atoms with E-state index in [1.165, 1.54) is 6.07 Å². The van der Waals surface area contributed by atoms with Crippen LogP contribution in [0.3, 0.4) is 0 Å². The number of hydrogen-bond donors (Lipinski definition) is 3. The Labute approximate surface area is 223 Å². The van der Waals surface area contributed by atoms with E-state index in [2.05, 4.69) is 10.5 Å². The zero-order chi connectivity index (χ0) is 27.3. The summed E-state index contributed by atoms with van der Waals surface area (Å²) in [7, 11) is 0. The molecule has 0 aliphatic carbocycles. The second-order valence-corrected chi connectivity index (χ2v) is 10.6. The highest BCUT2D eigenvalue weighted by Gasteiger charge is 2.36. The van der Waals surface area contributed by atoms with Crippen LogP contribution >= 0.6 is 12.6 Å². The highest BCUT2D eigenvalue weighted by molar-refractivity contribution is 7.80. The van der Waals surface area contributed by atoms with Gasteiger partial charge in [0, 0.05) is 23.4 Å². The molecule has 10 heteroatoms. The number of nitrogens with one attached hydrogen (secondary N) is 1. The van der Waals surface area contributed by atoms with Gasteiger partial charge in [0.25, 0.3) is 11.8 Å². The van der Waals surface area contributed by atoms with Crippen LogP contribution in [-0.4, -0.2) is 28.0 Å². The molecular weight excluding hydrogens is 510 g/mol. The first-order valence-corrected chi connectivity index (χ1v) is 12.7. The molecule has 0 saturated heterocycles. The van der Waals surface area contributed by atoms with Gasteiger partial charge in [-0.3, -0.25) is 14.6 Å². The Balaban J connectivity index is 1.68. The molecule has 2 aromatic carbocycles. The molecule has 1 aliphatic heterocycles. The lowest BCUT2D eigenvalue weighted by Crippen LogP contribution is -2.42. The molecule has 0 saturated carbocycles. The zero-order valence-electron chi connectivity index (χ0n) is 21.0. The van der Waals surface area contributed by atoms with Gasteiger partial charge in [0.1, 0.15) is 0 Å². The van der Waals surface area contributed by atoms with Crippen LogP contribution in [0.4, 0.5) is 8.78 Å². The molecule has 0 bridgehead atoms. The first-order valence-electron chi connectivity index (χ1n) is 12.2. The maximum Gasteiger partial charge on any atom is 0.254 e. The normalized spacial score (nSPS) is 17.1. The van der Waals surface area contributed by atoms with E-state index in [-0.39, 0.29) is 40.7 Å². The second-order valence-electron chi connectivity index (χ2n) is 10.0. The number of aromatic nitrogens is 2. The van der Waals surface area contributed by atoms with Crippen LogP contribution in [0, 0.1) is 17.6 Å². The minimum Gasteiger partial charge on any atom is -0.366 e. The highest BCUT2D eigenvalue weighted by atomic mass is 32.1. The number of nitrogens with two attached hydrogens (primary N) is 1. The third kappa shape index (κ3) is 4.53. The van der Waals surface area contributed by atoms with Gasteiger partial charge in [-0.2, -0.15) is 12.6 Å². The molecule has 5 rings (SSSR count). The number of pyridine rings is 1. The van der Waals surface area contributed by atoms with Gasteiger partial charge in [0.2, 0.25) is 0 Å². The summed E-state index contributed by atoms with van der Waals surface area (Å²) in [5, 5.41) is 7.31. The Morgan fingerprint density at radius 3 is 2.58 bits per heavy atom. The summed E-state index contributed by atoms with van der Waals surface area (Å²) in [6.07, 6.45) is 0.707. The maximum atomic E-state index is 13.7. The molecule has 0 fully saturated rings. The Morgan fingerprint density at radius 1 is 1.13 bits per heavy atom. The number of hydrogen-bond acceptors (Lipinski definition) is 6. The standard InChI is InChI=1S/C28H26F2N4O3S/c1-12(2)8-20-23(27(31)35)22(24-25(33-20)26(38)13(3)32-28(24)36)15-5-6-16-19(34-37-21(16)11-15)10-14-4-7-17(29)18(30)9-14/h4-7,9,11-13,26,38H,8,10H2,1-3H3,(H2,31,35)(H,32,36). The van der Waals surface area contributed by atoms with Gasteiger partial charge in [-0.1, -0.05) is 31.1 Å². The largest absolute Gasteiger partial charge is 0.366 e. The summed E-state index contributed by atoms with van der Waals surface area (Å²) in [5.41, 5.74) is 9.70. The molecule has 3 heterocycles. The van der Waals surface area contributed by atoms with E-state index in [9.17, 15) is 18.4 Å².